The molecule has 0 radical (unpaired) electrons. The van der Waals surface area contributed by atoms with Gasteiger partial charge in [0, 0.05) is 81.2 Å². The number of pyridine rings is 2. The Bertz CT molecular complexity index is 2320. The Balaban J connectivity index is 1.76. The number of thiocarbonyl (C=S) groups is 2. The van der Waals surface area contributed by atoms with Crippen molar-refractivity contribution in [1.82, 2.24) is 24.7 Å². The third-order valence-electron chi connectivity index (χ3n) is 7.96. The number of hydrogen-bond acceptors (Lipinski definition) is 19. The lowest BCUT2D eigenvalue weighted by atomic mass is 10.1. The fourth-order valence-electron chi connectivity index (χ4n) is 5.73. The van der Waals surface area contributed by atoms with Gasteiger partial charge in [-0.05, 0) is 97.2 Å². The van der Waals surface area contributed by atoms with Crippen molar-refractivity contribution in [2.24, 2.45) is 9.98 Å². The summed E-state index contributed by atoms with van der Waals surface area (Å²) < 4.78 is 0. The van der Waals surface area contributed by atoms with E-state index in [1.54, 1.807) is 60.7 Å². The second-order valence-corrected chi connectivity index (χ2v) is 13.3. The molecule has 0 aliphatic carbocycles. The smallest absolute Gasteiger partial charge is 0.0740 e. The zero-order chi connectivity index (χ0) is 44.3. The highest BCUT2D eigenvalue weighted by atomic mass is 32.1. The van der Waals surface area contributed by atoms with E-state index in [4.69, 9.17) is 0 Å². The minimum atomic E-state index is -1.55. The van der Waals surface area contributed by atoms with Gasteiger partial charge in [0.25, 0.3) is 0 Å². The molecule has 4 rings (SSSR count). The van der Waals surface area contributed by atoms with Crippen molar-refractivity contribution >= 4 is 76.0 Å². The van der Waals surface area contributed by atoms with Crippen molar-refractivity contribution < 1.29 is 49.5 Å². The molecule has 2 aromatic heterocycles. The molecule has 19 heteroatoms. The van der Waals surface area contributed by atoms with Crippen LogP contribution in [0, 0.1) is 23.7 Å². The second kappa shape index (κ2) is 23.3. The minimum Gasteiger partial charge on any atom is -0.549 e. The summed E-state index contributed by atoms with van der Waals surface area (Å²) >= 11 is 9.27. The van der Waals surface area contributed by atoms with Crippen LogP contribution in [0.2, 0.25) is 0 Å². The Morgan fingerprint density at radius 2 is 0.705 bits per heavy atom. The fraction of sp³-hybridized carbons (Fsp3) is 0.214. The summed E-state index contributed by atoms with van der Waals surface area (Å²) in [7, 11) is 0. The average Bonchev–Trinajstić information content (AvgIpc) is 3.16. The lowest BCUT2D eigenvalue weighted by Crippen LogP contribution is -2.44. The van der Waals surface area contributed by atoms with Crippen molar-refractivity contribution in [3.05, 3.63) is 118 Å². The third-order valence-corrected chi connectivity index (χ3v) is 8.14. The fourth-order valence-corrected chi connectivity index (χ4v) is 5.94. The van der Waals surface area contributed by atoms with Crippen molar-refractivity contribution in [1.29, 1.82) is 0 Å². The Hall–Kier alpha value is -7.31. The maximum Gasteiger partial charge on any atom is 0.0740 e. The van der Waals surface area contributed by atoms with Gasteiger partial charge >= 0.3 is 0 Å². The van der Waals surface area contributed by atoms with Gasteiger partial charge in [0.1, 0.15) is 0 Å². The van der Waals surface area contributed by atoms with Crippen molar-refractivity contribution in [2.75, 3.05) is 32.7 Å². The summed E-state index contributed by atoms with van der Waals surface area (Å²) in [4.78, 5) is 78.2. The molecule has 0 atom stereocenters. The van der Waals surface area contributed by atoms with Crippen molar-refractivity contribution in [3.8, 4) is 23.7 Å². The number of nitrogens with zero attached hydrogens (tertiary/aromatic N) is 7. The Morgan fingerprint density at radius 1 is 0.443 bits per heavy atom. The van der Waals surface area contributed by atoms with Crippen LogP contribution in [0.15, 0.2) is 82.8 Å². The highest BCUT2D eigenvalue weighted by Crippen LogP contribution is 2.17. The molecule has 0 saturated carbocycles. The molecule has 17 nitrogen and oxygen atoms in total. The summed E-state index contributed by atoms with van der Waals surface area (Å²) in [5, 5.41) is 62.4. The van der Waals surface area contributed by atoms with Gasteiger partial charge in [-0.2, -0.15) is 9.98 Å². The van der Waals surface area contributed by atoms with Gasteiger partial charge < -0.3 is 49.5 Å². The van der Waals surface area contributed by atoms with E-state index in [0.717, 1.165) is 9.80 Å². The zero-order valence-corrected chi connectivity index (χ0v) is 33.5. The summed E-state index contributed by atoms with van der Waals surface area (Å²) in [5.41, 5.74) is 3.83. The number of isothiocyanates is 2. The Morgan fingerprint density at radius 3 is 0.984 bits per heavy atom. The van der Waals surface area contributed by atoms with E-state index in [2.05, 4.69) is 78.4 Å². The summed E-state index contributed by atoms with van der Waals surface area (Å²) in [6.45, 7) is -4.68. The molecule has 0 bridgehead atoms. The number of benzene rings is 2. The van der Waals surface area contributed by atoms with Gasteiger partial charge in [-0.25, -0.2) is 0 Å². The minimum absolute atomic E-state index is 0.184. The lowest BCUT2D eigenvalue weighted by molar-refractivity contribution is -0.313. The first-order valence-corrected chi connectivity index (χ1v) is 18.5. The highest BCUT2D eigenvalue weighted by molar-refractivity contribution is 7.78. The van der Waals surface area contributed by atoms with Gasteiger partial charge in [-0.15, -0.1) is 0 Å². The van der Waals surface area contributed by atoms with Gasteiger partial charge in [0.15, 0.2) is 0 Å². The topological polar surface area (TPSA) is 261 Å². The molecule has 0 unspecified atom stereocenters. The average molecular weight is 857 g/mol. The molecule has 0 amide bonds. The zero-order valence-electron chi connectivity index (χ0n) is 31.8. The van der Waals surface area contributed by atoms with Crippen LogP contribution < -0.4 is 25.5 Å². The molecular weight excluding hydrogens is 827 g/mol. The predicted molar refractivity (Wildman–Crippen MR) is 212 cm³/mol. The summed E-state index contributed by atoms with van der Waals surface area (Å²) in [6.07, 6.45) is 0. The number of hydrogen-bond donors (Lipinski definition) is 0. The molecule has 4 aromatic rings. The van der Waals surface area contributed by atoms with E-state index < -0.39 is 62.6 Å². The molecule has 0 fully saturated rings. The van der Waals surface area contributed by atoms with E-state index in [1.807, 2.05) is 0 Å². The molecule has 2 aromatic carbocycles. The number of carbonyl (C=O) groups excluding carboxylic acids is 5. The lowest BCUT2D eigenvalue weighted by Gasteiger charge is -2.25. The van der Waals surface area contributed by atoms with E-state index in [-0.39, 0.29) is 49.0 Å². The number of rotatable bonds is 20. The van der Waals surface area contributed by atoms with E-state index in [9.17, 15) is 49.5 Å². The van der Waals surface area contributed by atoms with Crippen LogP contribution in [-0.2, 0) is 50.2 Å². The van der Waals surface area contributed by atoms with Crippen LogP contribution in [-0.4, -0.2) is 97.6 Å². The Labute approximate surface area is 359 Å². The van der Waals surface area contributed by atoms with Crippen LogP contribution in [0.3, 0.4) is 0 Å². The molecule has 0 N–H and O–H groups in total. The number of aliphatic carboxylic acids is 5. The standard InChI is InChI=1S/C42H35N7O10S2/c50-38(51)21-47(17-34-13-30(3-1-28-5-9-32(10-6-28)43-26-60)15-36(45-34)19-48(22-39(52)53)23-40(54)55)18-35-14-31(4-2-29-7-11-33(12-8-29)44-27-61)16-37(46-35)20-49(24-41(56)57)25-42(58)59/h5-16H,17-25H2,(H,50,51)(H,52,53)(H,54,55)(H,56,57)(H,58,59)/p-5. The Kier molecular flexibility index (Phi) is 17.7. The van der Waals surface area contributed by atoms with E-state index in [0.29, 0.717) is 33.6 Å². The number of aromatic nitrogens is 2. The van der Waals surface area contributed by atoms with Gasteiger partial charge in [-0.1, -0.05) is 23.7 Å². The monoisotopic (exact) mass is 856 g/mol. The normalized spacial score (nSPS) is 10.4. The van der Waals surface area contributed by atoms with Crippen molar-refractivity contribution in [2.45, 2.75) is 26.2 Å². The summed E-state index contributed by atoms with van der Waals surface area (Å²) in [6, 6.07) is 19.6. The van der Waals surface area contributed by atoms with Crippen LogP contribution >= 0.6 is 24.4 Å². The molecule has 310 valence electrons. The maximum absolute atomic E-state index is 12.1. The van der Waals surface area contributed by atoms with Crippen LogP contribution in [0.5, 0.6) is 0 Å². The van der Waals surface area contributed by atoms with Gasteiger partial charge in [0.2, 0.25) is 0 Å². The SMILES string of the molecule is O=C([O-])CN(CC(=O)[O-])Cc1cc(C#Cc2ccc(N=C=S)cc2)cc(CN(CC(=O)[O-])Cc2cc(C#Cc3ccc(N=C=S)cc3)cc(CN(CC(=O)[O-])CC(=O)[O-])n2)n1. The molecule has 0 spiro atoms. The largest absolute Gasteiger partial charge is 0.549 e. The maximum atomic E-state index is 12.1. The molecule has 2 heterocycles. The van der Waals surface area contributed by atoms with E-state index >= 15 is 0 Å². The number of aliphatic imine (C=N–C) groups is 2. The van der Waals surface area contributed by atoms with E-state index in [1.165, 1.54) is 17.0 Å². The first kappa shape index (κ1) is 46.4. The van der Waals surface area contributed by atoms with Crippen LogP contribution in [0.1, 0.15) is 45.0 Å². The second-order valence-electron chi connectivity index (χ2n) is 13.0. The number of carboxylic acid groups (broad SMARTS) is 5. The van der Waals surface area contributed by atoms with Crippen LogP contribution in [0.25, 0.3) is 0 Å². The van der Waals surface area contributed by atoms with Crippen LogP contribution in [0.4, 0.5) is 11.4 Å². The summed E-state index contributed by atoms with van der Waals surface area (Å²) in [5.74, 6) is 4.29. The highest BCUT2D eigenvalue weighted by Gasteiger charge is 2.16. The first-order chi connectivity index (χ1) is 29.2. The third kappa shape index (κ3) is 17.2. The number of carboxylic acids is 5. The van der Waals surface area contributed by atoms with Gasteiger partial charge in [-0.3, -0.25) is 24.7 Å². The molecule has 0 saturated heterocycles. The number of carbonyl (C=O) groups is 5. The molecule has 61 heavy (non-hydrogen) atoms. The first-order valence-electron chi connectivity index (χ1n) is 17.7. The van der Waals surface area contributed by atoms with Crippen molar-refractivity contribution in [3.63, 3.8) is 0 Å². The van der Waals surface area contributed by atoms with Gasteiger partial charge in [0.05, 0.1) is 74.3 Å². The molecular formula is C42H30N7O10S2-5. The molecule has 0 aliphatic heterocycles. The quantitative estimate of drug-likeness (QED) is 0.0490. The predicted octanol–water partition coefficient (Wildman–Crippen LogP) is -2.90. The molecule has 0 aliphatic rings.